The first-order valence-corrected chi connectivity index (χ1v) is 6.75. The summed E-state index contributed by atoms with van der Waals surface area (Å²) in [6.07, 6.45) is 5.71. The molecule has 22 heavy (non-hydrogen) atoms. The van der Waals surface area contributed by atoms with Crippen molar-refractivity contribution in [2.45, 2.75) is 13.8 Å². The van der Waals surface area contributed by atoms with Crippen LogP contribution in [0.15, 0.2) is 36.8 Å². The van der Waals surface area contributed by atoms with Crippen molar-refractivity contribution in [3.05, 3.63) is 42.6 Å². The van der Waals surface area contributed by atoms with E-state index in [-0.39, 0.29) is 5.91 Å². The van der Waals surface area contributed by atoms with Gasteiger partial charge in [0.05, 0.1) is 11.2 Å². The molecule has 0 unspecified atom stereocenters. The number of carbonyl (C=O) groups excluding carboxylic acids is 2. The zero-order valence-corrected chi connectivity index (χ0v) is 12.2. The van der Waals surface area contributed by atoms with Gasteiger partial charge in [-0.2, -0.15) is 0 Å². The summed E-state index contributed by atoms with van der Waals surface area (Å²) in [6.45, 7) is 3.30. The van der Waals surface area contributed by atoms with E-state index in [0.717, 1.165) is 22.0 Å². The summed E-state index contributed by atoms with van der Waals surface area (Å²) in [4.78, 5) is 30.9. The van der Waals surface area contributed by atoms with Crippen LogP contribution in [0.5, 0.6) is 0 Å². The Morgan fingerprint density at radius 3 is 2.59 bits per heavy atom. The Hall–Kier alpha value is -3.02. The van der Waals surface area contributed by atoms with Crippen molar-refractivity contribution in [1.29, 1.82) is 0 Å². The van der Waals surface area contributed by atoms with Crippen molar-refractivity contribution in [3.8, 4) is 11.1 Å². The number of hydrogen-bond acceptors (Lipinski definition) is 4. The second-order valence-electron chi connectivity index (χ2n) is 4.94. The third kappa shape index (κ3) is 2.35. The Morgan fingerprint density at radius 1 is 1.23 bits per heavy atom. The van der Waals surface area contributed by atoms with Crippen molar-refractivity contribution in [1.82, 2.24) is 14.5 Å². The van der Waals surface area contributed by atoms with Crippen LogP contribution in [0.1, 0.15) is 17.5 Å². The molecule has 1 N–H and O–H groups in total. The smallest absolute Gasteiger partial charge is 0.228 e. The van der Waals surface area contributed by atoms with Gasteiger partial charge < -0.3 is 5.32 Å². The lowest BCUT2D eigenvalue weighted by molar-refractivity contribution is -0.105. The van der Waals surface area contributed by atoms with Crippen LogP contribution < -0.4 is 5.32 Å². The zero-order chi connectivity index (χ0) is 15.7. The third-order valence-electron chi connectivity index (χ3n) is 3.47. The highest BCUT2D eigenvalue weighted by Crippen LogP contribution is 2.30. The van der Waals surface area contributed by atoms with Crippen molar-refractivity contribution < 1.29 is 9.59 Å². The fourth-order valence-electron chi connectivity index (χ4n) is 2.39. The summed E-state index contributed by atoms with van der Waals surface area (Å²) in [5.74, 6) is 0.579. The summed E-state index contributed by atoms with van der Waals surface area (Å²) >= 11 is 0. The van der Waals surface area contributed by atoms with E-state index in [1.54, 1.807) is 18.6 Å². The number of amides is 1. The molecule has 0 fully saturated rings. The molecule has 0 saturated carbocycles. The molecule has 3 rings (SSSR count). The third-order valence-corrected chi connectivity index (χ3v) is 3.47. The minimum Gasteiger partial charge on any atom is -0.327 e. The van der Waals surface area contributed by atoms with Crippen LogP contribution in [-0.2, 0) is 4.79 Å². The molecule has 0 aliphatic carbocycles. The Morgan fingerprint density at radius 2 is 1.95 bits per heavy atom. The van der Waals surface area contributed by atoms with Crippen LogP contribution in [0.4, 0.5) is 5.69 Å². The highest BCUT2D eigenvalue weighted by atomic mass is 16.1. The summed E-state index contributed by atoms with van der Waals surface area (Å²) < 4.78 is 1.51. The predicted molar refractivity (Wildman–Crippen MR) is 83.7 cm³/mol. The van der Waals surface area contributed by atoms with Crippen LogP contribution in [0.3, 0.4) is 0 Å². The SMILES string of the molecule is CC(=O)n1cc(NC=O)c2ccc(-c3cnc(C)nc3)cc21. The number of anilines is 1. The topological polar surface area (TPSA) is 76.9 Å². The molecule has 3 aromatic rings. The molecule has 1 amide bonds. The predicted octanol–water partition coefficient (Wildman–Crippen LogP) is 2.64. The lowest BCUT2D eigenvalue weighted by atomic mass is 10.1. The first kappa shape index (κ1) is 13.9. The molecule has 6 heteroatoms. The van der Waals surface area contributed by atoms with Crippen LogP contribution in [0, 0.1) is 6.92 Å². The van der Waals surface area contributed by atoms with Gasteiger partial charge in [0.1, 0.15) is 5.82 Å². The number of benzene rings is 1. The fraction of sp³-hybridized carbons (Fsp3) is 0.125. The molecule has 0 bridgehead atoms. The Balaban J connectivity index is 2.19. The van der Waals surface area contributed by atoms with E-state index in [2.05, 4.69) is 15.3 Å². The summed E-state index contributed by atoms with van der Waals surface area (Å²) in [6, 6.07) is 5.67. The van der Waals surface area contributed by atoms with Gasteiger partial charge in [-0.15, -0.1) is 0 Å². The van der Waals surface area contributed by atoms with Gasteiger partial charge in [-0.25, -0.2) is 9.97 Å². The molecule has 0 aliphatic heterocycles. The van der Waals surface area contributed by atoms with E-state index in [0.29, 0.717) is 17.9 Å². The van der Waals surface area contributed by atoms with Gasteiger partial charge in [0.2, 0.25) is 12.3 Å². The molecule has 0 spiro atoms. The second kappa shape index (κ2) is 5.40. The molecule has 6 nitrogen and oxygen atoms in total. The monoisotopic (exact) mass is 294 g/mol. The van der Waals surface area contributed by atoms with Crippen LogP contribution in [-0.4, -0.2) is 26.9 Å². The molecule has 1 aromatic carbocycles. The number of carbonyl (C=O) groups is 2. The first-order valence-electron chi connectivity index (χ1n) is 6.75. The van der Waals surface area contributed by atoms with Gasteiger partial charge in [0.25, 0.3) is 0 Å². The van der Waals surface area contributed by atoms with Crippen molar-refractivity contribution in [2.75, 3.05) is 5.32 Å². The van der Waals surface area contributed by atoms with Crippen molar-refractivity contribution >= 4 is 28.9 Å². The summed E-state index contributed by atoms with van der Waals surface area (Å²) in [5, 5.41) is 3.42. The van der Waals surface area contributed by atoms with Gasteiger partial charge in [-0.1, -0.05) is 12.1 Å². The maximum atomic E-state index is 11.8. The van der Waals surface area contributed by atoms with E-state index >= 15 is 0 Å². The van der Waals surface area contributed by atoms with E-state index in [4.69, 9.17) is 0 Å². The average molecular weight is 294 g/mol. The number of rotatable bonds is 3. The van der Waals surface area contributed by atoms with Crippen LogP contribution in [0.2, 0.25) is 0 Å². The lowest BCUT2D eigenvalue weighted by Crippen LogP contribution is -2.03. The second-order valence-corrected chi connectivity index (χ2v) is 4.94. The maximum Gasteiger partial charge on any atom is 0.228 e. The molecule has 110 valence electrons. The molecule has 2 heterocycles. The molecule has 0 atom stereocenters. The molecule has 0 radical (unpaired) electrons. The normalized spacial score (nSPS) is 10.6. The maximum absolute atomic E-state index is 11.8. The average Bonchev–Trinajstić information content (AvgIpc) is 2.87. The van der Waals surface area contributed by atoms with E-state index in [1.807, 2.05) is 25.1 Å². The van der Waals surface area contributed by atoms with E-state index in [1.165, 1.54) is 11.5 Å². The van der Waals surface area contributed by atoms with Crippen LogP contribution in [0.25, 0.3) is 22.0 Å². The lowest BCUT2D eigenvalue weighted by Gasteiger charge is -2.04. The van der Waals surface area contributed by atoms with Crippen molar-refractivity contribution in [3.63, 3.8) is 0 Å². The first-order chi connectivity index (χ1) is 10.6. The minimum absolute atomic E-state index is 0.124. The largest absolute Gasteiger partial charge is 0.327 e. The number of fused-ring (bicyclic) bond motifs is 1. The highest BCUT2D eigenvalue weighted by Gasteiger charge is 2.12. The Bertz CT molecular complexity index is 866. The Labute approximate surface area is 126 Å². The number of aromatic nitrogens is 3. The van der Waals surface area contributed by atoms with Gasteiger partial charge in [-0.05, 0) is 18.6 Å². The number of hydrogen-bond donors (Lipinski definition) is 1. The quantitative estimate of drug-likeness (QED) is 0.753. The van der Waals surface area contributed by atoms with Crippen molar-refractivity contribution in [2.24, 2.45) is 0 Å². The van der Waals surface area contributed by atoms with Gasteiger partial charge in [0.15, 0.2) is 0 Å². The highest BCUT2D eigenvalue weighted by molar-refractivity contribution is 6.03. The zero-order valence-electron chi connectivity index (χ0n) is 12.2. The molecular weight excluding hydrogens is 280 g/mol. The number of nitrogens with one attached hydrogen (secondary N) is 1. The molecule has 2 aromatic heterocycles. The molecular formula is C16H14N4O2. The summed E-state index contributed by atoms with van der Waals surface area (Å²) in [5.41, 5.74) is 3.11. The van der Waals surface area contributed by atoms with Gasteiger partial charge in [-0.3, -0.25) is 14.2 Å². The van der Waals surface area contributed by atoms with E-state index < -0.39 is 0 Å². The number of aryl methyl sites for hydroxylation is 1. The van der Waals surface area contributed by atoms with E-state index in [9.17, 15) is 9.59 Å². The van der Waals surface area contributed by atoms with Gasteiger partial charge >= 0.3 is 0 Å². The van der Waals surface area contributed by atoms with Gasteiger partial charge in [0, 0.05) is 36.5 Å². The summed E-state index contributed by atoms with van der Waals surface area (Å²) in [7, 11) is 0. The Kier molecular flexibility index (Phi) is 3.42. The molecule has 0 aliphatic rings. The van der Waals surface area contributed by atoms with Crippen LogP contribution >= 0.6 is 0 Å². The number of nitrogens with zero attached hydrogens (tertiary/aromatic N) is 3. The fourth-order valence-corrected chi connectivity index (χ4v) is 2.39. The molecule has 0 saturated heterocycles. The standard InChI is InChI=1S/C16H14N4O2/c1-10-17-6-13(7-18-10)12-3-4-14-15(19-9-21)8-20(11(2)22)16(14)5-12/h3-9H,1-2H3,(H,19,21). The minimum atomic E-state index is -0.124.